The maximum atomic E-state index is 6.20. The molecular weight excluding hydrogens is 224 g/mol. The van der Waals surface area contributed by atoms with Gasteiger partial charge in [-0.2, -0.15) is 10.2 Å². The first-order chi connectivity index (χ1) is 7.21. The molecule has 0 bridgehead atoms. The van der Waals surface area contributed by atoms with Crippen LogP contribution in [0.25, 0.3) is 0 Å². The van der Waals surface area contributed by atoms with Gasteiger partial charge in [0.15, 0.2) is 0 Å². The lowest BCUT2D eigenvalue weighted by Gasteiger charge is -2.32. The van der Waals surface area contributed by atoms with E-state index in [-0.39, 0.29) is 18.4 Å². The van der Waals surface area contributed by atoms with E-state index in [0.29, 0.717) is 6.42 Å². The highest BCUT2D eigenvalue weighted by molar-refractivity contribution is 5.85. The molecule has 0 aromatic carbocycles. The fraction of sp³-hybridized carbons (Fsp3) is 0.273. The topological polar surface area (TPSA) is 77.8 Å². The summed E-state index contributed by atoms with van der Waals surface area (Å²) in [5, 5.41) is 7.83. The van der Waals surface area contributed by atoms with Crippen LogP contribution in [0.3, 0.4) is 0 Å². The Kier molecular flexibility index (Phi) is 4.18. The molecule has 0 saturated carbocycles. The van der Waals surface area contributed by atoms with E-state index in [1.807, 2.05) is 36.4 Å². The average molecular weight is 239 g/mol. The van der Waals surface area contributed by atoms with Crippen LogP contribution in [-0.2, 0) is 6.42 Å². The summed E-state index contributed by atoms with van der Waals surface area (Å²) in [7, 11) is 0. The van der Waals surface area contributed by atoms with Crippen LogP contribution >= 0.6 is 12.4 Å². The van der Waals surface area contributed by atoms with Crippen molar-refractivity contribution in [2.75, 3.05) is 0 Å². The molecule has 2 unspecified atom stereocenters. The van der Waals surface area contributed by atoms with E-state index in [2.05, 4.69) is 10.2 Å². The van der Waals surface area contributed by atoms with Crippen LogP contribution in [0, 0.1) is 0 Å². The number of nitrogens with two attached hydrogens (primary N) is 2. The summed E-state index contributed by atoms with van der Waals surface area (Å²) in [4.78, 5) is 0. The molecule has 1 aromatic heterocycles. The van der Waals surface area contributed by atoms with E-state index >= 15 is 0 Å². The molecule has 1 heterocycles. The molecule has 2 atom stereocenters. The molecule has 0 saturated heterocycles. The third-order valence-corrected chi connectivity index (χ3v) is 2.57. The molecule has 0 amide bonds. The lowest BCUT2D eigenvalue weighted by atomic mass is 9.84. The first kappa shape index (κ1) is 12.8. The highest BCUT2D eigenvalue weighted by atomic mass is 35.5. The molecule has 0 aliphatic heterocycles. The summed E-state index contributed by atoms with van der Waals surface area (Å²) in [6.07, 6.45) is 9.89. The number of halogens is 1. The second-order valence-corrected chi connectivity index (χ2v) is 3.77. The molecule has 86 valence electrons. The zero-order valence-electron chi connectivity index (χ0n) is 8.78. The van der Waals surface area contributed by atoms with Crippen LogP contribution in [0.5, 0.6) is 0 Å². The molecule has 1 aliphatic carbocycles. The van der Waals surface area contributed by atoms with E-state index in [1.165, 1.54) is 0 Å². The fourth-order valence-electron chi connectivity index (χ4n) is 1.63. The van der Waals surface area contributed by atoms with Crippen LogP contribution in [0.1, 0.15) is 5.69 Å². The summed E-state index contributed by atoms with van der Waals surface area (Å²) in [6, 6.07) is 3.57. The van der Waals surface area contributed by atoms with Gasteiger partial charge in [-0.3, -0.25) is 0 Å². The Morgan fingerprint density at radius 2 is 2.19 bits per heavy atom. The van der Waals surface area contributed by atoms with Gasteiger partial charge in [0.1, 0.15) is 0 Å². The predicted octanol–water partition coefficient (Wildman–Crippen LogP) is 0.592. The fourth-order valence-corrected chi connectivity index (χ4v) is 1.63. The first-order valence-electron chi connectivity index (χ1n) is 4.88. The molecule has 0 spiro atoms. The van der Waals surface area contributed by atoms with Crippen LogP contribution in [-0.4, -0.2) is 21.8 Å². The summed E-state index contributed by atoms with van der Waals surface area (Å²) in [5.41, 5.74) is 12.5. The van der Waals surface area contributed by atoms with Gasteiger partial charge in [0.25, 0.3) is 0 Å². The minimum atomic E-state index is -0.551. The lowest BCUT2D eigenvalue weighted by molar-refractivity contribution is 0.460. The molecule has 5 heteroatoms. The van der Waals surface area contributed by atoms with Gasteiger partial charge in [-0.05, 0) is 12.1 Å². The second kappa shape index (κ2) is 5.21. The van der Waals surface area contributed by atoms with Crippen molar-refractivity contribution < 1.29 is 0 Å². The van der Waals surface area contributed by atoms with Gasteiger partial charge in [0.05, 0.1) is 11.2 Å². The van der Waals surface area contributed by atoms with Crippen LogP contribution in [0.15, 0.2) is 42.6 Å². The second-order valence-electron chi connectivity index (χ2n) is 3.77. The number of nitrogens with zero attached hydrogens (tertiary/aromatic N) is 2. The molecular formula is C11H15ClN4. The van der Waals surface area contributed by atoms with Crippen LogP contribution < -0.4 is 11.5 Å². The summed E-state index contributed by atoms with van der Waals surface area (Å²) in [5.74, 6) is 0. The Morgan fingerprint density at radius 3 is 2.81 bits per heavy atom. The Balaban J connectivity index is 0.00000128. The highest BCUT2D eigenvalue weighted by Crippen LogP contribution is 2.18. The number of rotatable bonds is 2. The summed E-state index contributed by atoms with van der Waals surface area (Å²) < 4.78 is 0. The van der Waals surface area contributed by atoms with Crippen LogP contribution in [0.4, 0.5) is 0 Å². The van der Waals surface area contributed by atoms with E-state index in [4.69, 9.17) is 11.5 Å². The van der Waals surface area contributed by atoms with Crippen molar-refractivity contribution in [3.63, 3.8) is 0 Å². The van der Waals surface area contributed by atoms with Crippen molar-refractivity contribution in [1.82, 2.24) is 10.2 Å². The maximum absolute atomic E-state index is 6.20. The Hall–Kier alpha value is -1.23. The number of hydrogen-bond donors (Lipinski definition) is 2. The number of hydrogen-bond acceptors (Lipinski definition) is 4. The van der Waals surface area contributed by atoms with Crippen molar-refractivity contribution in [1.29, 1.82) is 0 Å². The van der Waals surface area contributed by atoms with E-state index in [0.717, 1.165) is 5.69 Å². The van der Waals surface area contributed by atoms with Gasteiger partial charge >= 0.3 is 0 Å². The molecule has 4 nitrogen and oxygen atoms in total. The zero-order valence-corrected chi connectivity index (χ0v) is 9.60. The van der Waals surface area contributed by atoms with Crippen molar-refractivity contribution >= 4 is 12.4 Å². The average Bonchev–Trinajstić information content (AvgIpc) is 2.24. The number of aromatic nitrogens is 2. The normalized spacial score (nSPS) is 27.5. The standard InChI is InChI=1S/C11H14N4.ClH/c12-10-5-1-2-6-11(10,13)8-9-4-3-7-14-15-9;/h1-7,10H,8,12-13H2;1H. The molecule has 2 rings (SSSR count). The molecule has 0 fully saturated rings. The molecule has 0 radical (unpaired) electrons. The Labute approximate surface area is 101 Å². The SMILES string of the molecule is Cl.NC1C=CC=CC1(N)Cc1cccnn1. The smallest absolute Gasteiger partial charge is 0.0653 e. The number of allylic oxidation sites excluding steroid dienone is 2. The Bertz CT molecular complexity index is 390. The van der Waals surface area contributed by atoms with Crippen molar-refractivity contribution in [3.8, 4) is 0 Å². The van der Waals surface area contributed by atoms with Crippen molar-refractivity contribution in [2.24, 2.45) is 11.5 Å². The Morgan fingerprint density at radius 1 is 1.38 bits per heavy atom. The first-order valence-corrected chi connectivity index (χ1v) is 4.88. The molecule has 4 N–H and O–H groups in total. The zero-order chi connectivity index (χ0) is 10.7. The van der Waals surface area contributed by atoms with Gasteiger partial charge < -0.3 is 11.5 Å². The van der Waals surface area contributed by atoms with Gasteiger partial charge in [-0.25, -0.2) is 0 Å². The van der Waals surface area contributed by atoms with Gasteiger partial charge in [0, 0.05) is 18.7 Å². The third-order valence-electron chi connectivity index (χ3n) is 2.57. The van der Waals surface area contributed by atoms with Gasteiger partial charge in [-0.1, -0.05) is 24.3 Å². The third kappa shape index (κ3) is 2.66. The van der Waals surface area contributed by atoms with Gasteiger partial charge in [0.2, 0.25) is 0 Å². The molecule has 16 heavy (non-hydrogen) atoms. The molecule has 1 aliphatic rings. The van der Waals surface area contributed by atoms with E-state index in [9.17, 15) is 0 Å². The minimum Gasteiger partial charge on any atom is -0.323 e. The lowest BCUT2D eigenvalue weighted by Crippen LogP contribution is -2.55. The molecule has 1 aromatic rings. The monoisotopic (exact) mass is 238 g/mol. The predicted molar refractivity (Wildman–Crippen MR) is 66.2 cm³/mol. The maximum Gasteiger partial charge on any atom is 0.0653 e. The van der Waals surface area contributed by atoms with Crippen molar-refractivity contribution in [2.45, 2.75) is 18.0 Å². The van der Waals surface area contributed by atoms with E-state index in [1.54, 1.807) is 6.20 Å². The largest absolute Gasteiger partial charge is 0.323 e. The summed E-state index contributed by atoms with van der Waals surface area (Å²) >= 11 is 0. The quantitative estimate of drug-likeness (QED) is 0.791. The van der Waals surface area contributed by atoms with Crippen LogP contribution in [0.2, 0.25) is 0 Å². The van der Waals surface area contributed by atoms with E-state index < -0.39 is 5.54 Å². The minimum absolute atomic E-state index is 0. The highest BCUT2D eigenvalue weighted by Gasteiger charge is 2.30. The van der Waals surface area contributed by atoms with Gasteiger partial charge in [-0.15, -0.1) is 12.4 Å². The summed E-state index contributed by atoms with van der Waals surface area (Å²) in [6.45, 7) is 0. The van der Waals surface area contributed by atoms with Crippen molar-refractivity contribution in [3.05, 3.63) is 48.3 Å².